The highest BCUT2D eigenvalue weighted by atomic mass is 16.4. The number of aromatic nitrogens is 2. The van der Waals surface area contributed by atoms with Gasteiger partial charge in [-0.15, -0.1) is 0 Å². The van der Waals surface area contributed by atoms with Gasteiger partial charge in [0.05, 0.1) is 18.8 Å². The van der Waals surface area contributed by atoms with Crippen molar-refractivity contribution in [1.82, 2.24) is 20.2 Å². The van der Waals surface area contributed by atoms with Crippen LogP contribution in [0.4, 0.5) is 0 Å². The minimum Gasteiger partial charge on any atom is -0.444 e. The summed E-state index contributed by atoms with van der Waals surface area (Å²) in [7, 11) is 1.84. The first-order valence-electron chi connectivity index (χ1n) is 8.20. The molecule has 0 radical (unpaired) electrons. The van der Waals surface area contributed by atoms with Crippen molar-refractivity contribution < 1.29 is 9.21 Å². The van der Waals surface area contributed by atoms with E-state index in [1.807, 2.05) is 25.4 Å². The highest BCUT2D eigenvalue weighted by molar-refractivity contribution is 5.80. The monoisotopic (exact) mass is 328 g/mol. The molecule has 1 fully saturated rings. The first-order valence-corrected chi connectivity index (χ1v) is 8.20. The standard InChI is InChI=1S/C18H24N4O2/c1-18(2,3)14-10-21-15(24-14)11-20-13-8-16(23)22(4)17(13)12-6-5-7-19-9-12/h5-7,9-10,13,17,20H,8,11H2,1-4H3/t13-,17+/m1/s1. The van der Waals surface area contributed by atoms with Crippen LogP contribution < -0.4 is 5.32 Å². The molecular weight excluding hydrogens is 304 g/mol. The minimum absolute atomic E-state index is 0.0108. The van der Waals surface area contributed by atoms with Crippen LogP contribution in [0.2, 0.25) is 0 Å². The van der Waals surface area contributed by atoms with Crippen LogP contribution in [0.15, 0.2) is 35.1 Å². The number of carbonyl (C=O) groups is 1. The van der Waals surface area contributed by atoms with Crippen molar-refractivity contribution in [3.8, 4) is 0 Å². The van der Waals surface area contributed by atoms with Crippen molar-refractivity contribution in [1.29, 1.82) is 0 Å². The Morgan fingerprint density at radius 1 is 1.38 bits per heavy atom. The smallest absolute Gasteiger partial charge is 0.224 e. The number of likely N-dealkylation sites (N-methyl/N-ethyl adjacent to an activating group) is 1. The molecule has 6 nitrogen and oxygen atoms in total. The second-order valence-electron chi connectivity index (χ2n) is 7.30. The molecule has 3 rings (SSSR count). The average Bonchev–Trinajstić information content (AvgIpc) is 3.12. The van der Waals surface area contributed by atoms with E-state index in [1.165, 1.54) is 0 Å². The van der Waals surface area contributed by atoms with Crippen LogP contribution >= 0.6 is 0 Å². The van der Waals surface area contributed by atoms with E-state index in [2.05, 4.69) is 36.1 Å². The van der Waals surface area contributed by atoms with Crippen molar-refractivity contribution in [3.63, 3.8) is 0 Å². The number of hydrogen-bond acceptors (Lipinski definition) is 5. The number of nitrogens with one attached hydrogen (secondary N) is 1. The summed E-state index contributed by atoms with van der Waals surface area (Å²) < 4.78 is 5.82. The van der Waals surface area contributed by atoms with E-state index in [9.17, 15) is 4.79 Å². The van der Waals surface area contributed by atoms with E-state index in [0.29, 0.717) is 18.9 Å². The van der Waals surface area contributed by atoms with Crippen LogP contribution in [0.1, 0.15) is 50.4 Å². The fourth-order valence-electron chi connectivity index (χ4n) is 3.02. The molecule has 6 heteroatoms. The third kappa shape index (κ3) is 3.33. The topological polar surface area (TPSA) is 71.3 Å². The molecule has 0 bridgehead atoms. The molecule has 0 aromatic carbocycles. The molecular formula is C18H24N4O2. The largest absolute Gasteiger partial charge is 0.444 e. The second-order valence-corrected chi connectivity index (χ2v) is 7.30. The summed E-state index contributed by atoms with van der Waals surface area (Å²) in [5.74, 6) is 1.64. The number of amides is 1. The summed E-state index contributed by atoms with van der Waals surface area (Å²) in [6.07, 6.45) is 5.80. The van der Waals surface area contributed by atoms with Gasteiger partial charge in [-0.3, -0.25) is 9.78 Å². The van der Waals surface area contributed by atoms with Gasteiger partial charge >= 0.3 is 0 Å². The zero-order chi connectivity index (χ0) is 17.3. The van der Waals surface area contributed by atoms with E-state index in [-0.39, 0.29) is 23.4 Å². The van der Waals surface area contributed by atoms with Gasteiger partial charge in [0, 0.05) is 37.3 Å². The van der Waals surface area contributed by atoms with Crippen molar-refractivity contribution in [2.75, 3.05) is 7.05 Å². The zero-order valence-electron chi connectivity index (χ0n) is 14.6. The molecule has 0 spiro atoms. The molecule has 128 valence electrons. The van der Waals surface area contributed by atoms with Gasteiger partial charge in [0.15, 0.2) is 0 Å². The normalized spacial score (nSPS) is 21.5. The number of hydrogen-bond donors (Lipinski definition) is 1. The predicted molar refractivity (Wildman–Crippen MR) is 90.2 cm³/mol. The van der Waals surface area contributed by atoms with E-state index in [4.69, 9.17) is 4.42 Å². The Morgan fingerprint density at radius 2 is 2.17 bits per heavy atom. The number of likely N-dealkylation sites (tertiary alicyclic amines) is 1. The van der Waals surface area contributed by atoms with Gasteiger partial charge in [0.1, 0.15) is 5.76 Å². The quantitative estimate of drug-likeness (QED) is 0.933. The summed E-state index contributed by atoms with van der Waals surface area (Å²) >= 11 is 0. The molecule has 2 aromatic heterocycles. The summed E-state index contributed by atoms with van der Waals surface area (Å²) in [5, 5.41) is 3.43. The lowest BCUT2D eigenvalue weighted by atomic mass is 9.94. The maximum Gasteiger partial charge on any atom is 0.224 e. The minimum atomic E-state index is -0.0625. The van der Waals surface area contributed by atoms with Gasteiger partial charge < -0.3 is 14.6 Å². The lowest BCUT2D eigenvalue weighted by Gasteiger charge is -2.25. The molecule has 2 aromatic rings. The molecule has 0 unspecified atom stereocenters. The van der Waals surface area contributed by atoms with Crippen LogP contribution in [0.5, 0.6) is 0 Å². The maximum absolute atomic E-state index is 12.1. The van der Waals surface area contributed by atoms with Crippen molar-refractivity contribution in [3.05, 3.63) is 47.9 Å². The lowest BCUT2D eigenvalue weighted by molar-refractivity contribution is -0.127. The summed E-state index contributed by atoms with van der Waals surface area (Å²) in [4.78, 5) is 22.4. The van der Waals surface area contributed by atoms with Crippen molar-refractivity contribution >= 4 is 5.91 Å². The van der Waals surface area contributed by atoms with Crippen LogP contribution in [0.25, 0.3) is 0 Å². The molecule has 0 saturated carbocycles. The Labute approximate surface area is 142 Å². The third-order valence-electron chi connectivity index (χ3n) is 4.42. The lowest BCUT2D eigenvalue weighted by Crippen LogP contribution is -2.34. The number of nitrogens with zero attached hydrogens (tertiary/aromatic N) is 3. The van der Waals surface area contributed by atoms with Crippen molar-refractivity contribution in [2.45, 2.75) is 51.2 Å². The highest BCUT2D eigenvalue weighted by Crippen LogP contribution is 2.31. The summed E-state index contributed by atoms with van der Waals surface area (Å²) in [6.45, 7) is 6.77. The van der Waals surface area contributed by atoms with Gasteiger partial charge in [0.2, 0.25) is 11.8 Å². The number of pyridine rings is 1. The Balaban J connectivity index is 1.71. The van der Waals surface area contributed by atoms with Gasteiger partial charge in [-0.1, -0.05) is 26.8 Å². The third-order valence-corrected chi connectivity index (χ3v) is 4.42. The molecule has 24 heavy (non-hydrogen) atoms. The Hall–Kier alpha value is -2.21. The Kier molecular flexibility index (Phi) is 4.41. The number of rotatable bonds is 4. The Bertz CT molecular complexity index is 705. The molecule has 2 atom stereocenters. The fraction of sp³-hybridized carbons (Fsp3) is 0.500. The maximum atomic E-state index is 12.1. The highest BCUT2D eigenvalue weighted by Gasteiger charge is 2.38. The summed E-state index contributed by atoms with van der Waals surface area (Å²) in [5.41, 5.74) is 0.971. The van der Waals surface area contributed by atoms with Crippen molar-refractivity contribution in [2.24, 2.45) is 0 Å². The Morgan fingerprint density at radius 3 is 2.79 bits per heavy atom. The average molecular weight is 328 g/mol. The molecule has 1 aliphatic heterocycles. The molecule has 1 saturated heterocycles. The van der Waals surface area contributed by atoms with Crippen LogP contribution in [0, 0.1) is 0 Å². The SMILES string of the molecule is CN1C(=O)C[C@@H](NCc2ncc(C(C)(C)C)o2)[C@@H]1c1cccnc1. The first-order chi connectivity index (χ1) is 11.4. The van der Waals surface area contributed by atoms with E-state index in [0.717, 1.165) is 11.3 Å². The van der Waals surface area contributed by atoms with Gasteiger partial charge in [-0.2, -0.15) is 0 Å². The first kappa shape index (κ1) is 16.6. The number of carbonyl (C=O) groups excluding carboxylic acids is 1. The number of oxazole rings is 1. The van der Waals surface area contributed by atoms with Crippen LogP contribution in [0.3, 0.4) is 0 Å². The zero-order valence-corrected chi connectivity index (χ0v) is 14.6. The molecule has 1 aliphatic rings. The molecule has 1 amide bonds. The van der Waals surface area contributed by atoms with Crippen LogP contribution in [-0.2, 0) is 16.8 Å². The van der Waals surface area contributed by atoms with Gasteiger partial charge in [-0.25, -0.2) is 4.98 Å². The van der Waals surface area contributed by atoms with Crippen LogP contribution in [-0.4, -0.2) is 33.9 Å². The van der Waals surface area contributed by atoms with E-state index in [1.54, 1.807) is 17.3 Å². The summed E-state index contributed by atoms with van der Waals surface area (Å²) in [6, 6.07) is 3.89. The van der Waals surface area contributed by atoms with E-state index >= 15 is 0 Å². The molecule has 0 aliphatic carbocycles. The van der Waals surface area contributed by atoms with E-state index < -0.39 is 0 Å². The molecule has 1 N–H and O–H groups in total. The second kappa shape index (κ2) is 6.36. The molecule has 3 heterocycles. The van der Waals surface area contributed by atoms with Gasteiger partial charge in [0.25, 0.3) is 0 Å². The van der Waals surface area contributed by atoms with Gasteiger partial charge in [-0.05, 0) is 11.6 Å². The fourth-order valence-corrected chi connectivity index (χ4v) is 3.02. The predicted octanol–water partition coefficient (Wildman–Crippen LogP) is 2.43.